The molecule has 1 aliphatic rings. The van der Waals surface area contributed by atoms with Crippen LogP contribution in [-0.4, -0.2) is 55.6 Å². The van der Waals surface area contributed by atoms with E-state index < -0.39 is 0 Å². The van der Waals surface area contributed by atoms with Gasteiger partial charge in [-0.3, -0.25) is 4.79 Å². The Morgan fingerprint density at radius 2 is 2.04 bits per heavy atom. The summed E-state index contributed by atoms with van der Waals surface area (Å²) in [5, 5.41) is 2.91. The number of nitrogens with one attached hydrogen (secondary N) is 2. The summed E-state index contributed by atoms with van der Waals surface area (Å²) in [5.74, 6) is 0.530. The number of aromatic amines is 1. The highest BCUT2D eigenvalue weighted by Gasteiger charge is 2.17. The first-order valence-electron chi connectivity index (χ1n) is 8.32. The molecule has 1 aromatic carbocycles. The van der Waals surface area contributed by atoms with Crippen molar-refractivity contribution < 1.29 is 9.53 Å². The summed E-state index contributed by atoms with van der Waals surface area (Å²) in [5.41, 5.74) is 2.35. The predicted molar refractivity (Wildman–Crippen MR) is 96.1 cm³/mol. The van der Waals surface area contributed by atoms with E-state index in [9.17, 15) is 4.79 Å². The van der Waals surface area contributed by atoms with Crippen molar-refractivity contribution in [3.8, 4) is 5.75 Å². The van der Waals surface area contributed by atoms with Gasteiger partial charge in [0.1, 0.15) is 11.4 Å². The molecule has 0 spiro atoms. The summed E-state index contributed by atoms with van der Waals surface area (Å²) < 4.78 is 5.75. The van der Waals surface area contributed by atoms with Crippen LogP contribution < -0.4 is 15.0 Å². The Morgan fingerprint density at radius 3 is 2.71 bits per heavy atom. The van der Waals surface area contributed by atoms with Crippen LogP contribution in [0.15, 0.2) is 36.5 Å². The zero-order valence-corrected chi connectivity index (χ0v) is 14.2. The van der Waals surface area contributed by atoms with Crippen LogP contribution in [0.4, 0.5) is 11.4 Å². The van der Waals surface area contributed by atoms with E-state index in [0.717, 1.165) is 31.9 Å². The largest absolute Gasteiger partial charge is 0.492 e. The van der Waals surface area contributed by atoms with Crippen molar-refractivity contribution in [2.45, 2.75) is 6.92 Å². The number of benzene rings is 1. The van der Waals surface area contributed by atoms with Crippen LogP contribution in [0.3, 0.4) is 0 Å². The van der Waals surface area contributed by atoms with Crippen LogP contribution in [-0.2, 0) is 0 Å². The van der Waals surface area contributed by atoms with E-state index in [1.807, 2.05) is 25.1 Å². The summed E-state index contributed by atoms with van der Waals surface area (Å²) in [4.78, 5) is 19.8. The molecule has 2 N–H and O–H groups in total. The summed E-state index contributed by atoms with van der Waals surface area (Å²) >= 11 is 0. The lowest BCUT2D eigenvalue weighted by Crippen LogP contribution is -2.44. The first kappa shape index (κ1) is 16.4. The Kier molecular flexibility index (Phi) is 5.05. The van der Waals surface area contributed by atoms with E-state index in [-0.39, 0.29) is 5.91 Å². The first-order valence-corrected chi connectivity index (χ1v) is 8.32. The molecule has 1 amide bonds. The number of hydrogen-bond donors (Lipinski definition) is 2. The number of piperazine rings is 1. The third-order valence-electron chi connectivity index (χ3n) is 4.22. The number of anilines is 2. The monoisotopic (exact) mass is 328 g/mol. The zero-order valence-electron chi connectivity index (χ0n) is 14.2. The third kappa shape index (κ3) is 3.71. The van der Waals surface area contributed by atoms with Crippen LogP contribution in [0.1, 0.15) is 17.4 Å². The van der Waals surface area contributed by atoms with Gasteiger partial charge in [0, 0.05) is 44.1 Å². The fourth-order valence-corrected chi connectivity index (χ4v) is 2.81. The van der Waals surface area contributed by atoms with Gasteiger partial charge in [-0.15, -0.1) is 0 Å². The van der Waals surface area contributed by atoms with E-state index in [2.05, 4.69) is 27.1 Å². The number of hydrogen-bond acceptors (Lipinski definition) is 4. The van der Waals surface area contributed by atoms with Gasteiger partial charge in [0.05, 0.1) is 12.3 Å². The number of likely N-dealkylation sites (N-methyl/N-ethyl adjacent to an activating group) is 1. The van der Waals surface area contributed by atoms with Crippen molar-refractivity contribution in [3.05, 3.63) is 42.2 Å². The molecule has 2 aromatic rings. The van der Waals surface area contributed by atoms with Crippen LogP contribution in [0.2, 0.25) is 0 Å². The lowest BCUT2D eigenvalue weighted by molar-refractivity contribution is 0.102. The van der Waals surface area contributed by atoms with E-state index in [1.165, 1.54) is 0 Å². The molecule has 2 heterocycles. The minimum atomic E-state index is -0.173. The molecule has 3 rings (SSSR count). The van der Waals surface area contributed by atoms with Crippen molar-refractivity contribution >= 4 is 17.3 Å². The first-order chi connectivity index (χ1) is 11.7. The molecule has 0 radical (unpaired) electrons. The molecule has 128 valence electrons. The quantitative estimate of drug-likeness (QED) is 0.885. The number of nitrogens with zero attached hydrogens (tertiary/aromatic N) is 2. The molecule has 24 heavy (non-hydrogen) atoms. The molecular formula is C18H24N4O2. The van der Waals surface area contributed by atoms with E-state index in [1.54, 1.807) is 18.3 Å². The number of carbonyl (C=O) groups excluding carboxylic acids is 1. The second-order valence-corrected chi connectivity index (χ2v) is 5.94. The average Bonchev–Trinajstić information content (AvgIpc) is 3.12. The highest BCUT2D eigenvalue weighted by Crippen LogP contribution is 2.31. The van der Waals surface area contributed by atoms with Crippen molar-refractivity contribution in [2.75, 3.05) is 50.1 Å². The van der Waals surface area contributed by atoms with Crippen LogP contribution in [0, 0.1) is 0 Å². The maximum Gasteiger partial charge on any atom is 0.272 e. The van der Waals surface area contributed by atoms with Gasteiger partial charge in [-0.2, -0.15) is 0 Å². The molecule has 1 fully saturated rings. The van der Waals surface area contributed by atoms with E-state index in [0.29, 0.717) is 23.7 Å². The molecule has 0 aliphatic carbocycles. The SMILES string of the molecule is CCOc1cc(N2CCN(C)CC2)ccc1NC(=O)c1ccc[nH]1. The van der Waals surface area contributed by atoms with Gasteiger partial charge in [0.2, 0.25) is 0 Å². The summed E-state index contributed by atoms with van der Waals surface area (Å²) in [6.45, 7) is 6.59. The lowest BCUT2D eigenvalue weighted by Gasteiger charge is -2.34. The standard InChI is InChI=1S/C18H24N4O2/c1-3-24-17-13-14(22-11-9-21(2)10-12-22)6-7-15(17)20-18(23)16-5-4-8-19-16/h4-8,13,19H,3,9-12H2,1-2H3,(H,20,23). The second-order valence-electron chi connectivity index (χ2n) is 5.94. The number of amides is 1. The minimum Gasteiger partial charge on any atom is -0.492 e. The lowest BCUT2D eigenvalue weighted by atomic mass is 10.2. The van der Waals surface area contributed by atoms with Crippen LogP contribution in [0.5, 0.6) is 5.75 Å². The van der Waals surface area contributed by atoms with E-state index in [4.69, 9.17) is 4.74 Å². The van der Waals surface area contributed by atoms with Gasteiger partial charge < -0.3 is 24.8 Å². The maximum atomic E-state index is 12.2. The number of ether oxygens (including phenoxy) is 1. The van der Waals surface area contributed by atoms with Crippen LogP contribution in [0.25, 0.3) is 0 Å². The summed E-state index contributed by atoms with van der Waals surface area (Å²) in [6, 6.07) is 9.51. The number of aromatic nitrogens is 1. The molecule has 0 bridgehead atoms. The molecule has 6 heteroatoms. The van der Waals surface area contributed by atoms with Gasteiger partial charge in [-0.1, -0.05) is 0 Å². The Labute approximate surface area is 142 Å². The van der Waals surface area contributed by atoms with Crippen LogP contribution >= 0.6 is 0 Å². The minimum absolute atomic E-state index is 0.173. The Morgan fingerprint density at radius 1 is 1.25 bits per heavy atom. The summed E-state index contributed by atoms with van der Waals surface area (Å²) in [7, 11) is 2.14. The van der Waals surface area contributed by atoms with Crippen molar-refractivity contribution in [1.82, 2.24) is 9.88 Å². The van der Waals surface area contributed by atoms with Gasteiger partial charge in [0.15, 0.2) is 0 Å². The molecule has 0 atom stereocenters. The number of rotatable bonds is 5. The highest BCUT2D eigenvalue weighted by atomic mass is 16.5. The average molecular weight is 328 g/mol. The highest BCUT2D eigenvalue weighted by molar-refractivity contribution is 6.03. The zero-order chi connectivity index (χ0) is 16.9. The fraction of sp³-hybridized carbons (Fsp3) is 0.389. The normalized spacial score (nSPS) is 15.3. The Hall–Kier alpha value is -2.47. The maximum absolute atomic E-state index is 12.2. The molecule has 6 nitrogen and oxygen atoms in total. The fourth-order valence-electron chi connectivity index (χ4n) is 2.81. The van der Waals surface area contributed by atoms with Crippen molar-refractivity contribution in [1.29, 1.82) is 0 Å². The predicted octanol–water partition coefficient (Wildman–Crippen LogP) is 2.42. The van der Waals surface area contributed by atoms with E-state index >= 15 is 0 Å². The molecular weight excluding hydrogens is 304 g/mol. The topological polar surface area (TPSA) is 60.6 Å². The summed E-state index contributed by atoms with van der Waals surface area (Å²) in [6.07, 6.45) is 1.73. The second kappa shape index (κ2) is 7.40. The molecule has 0 unspecified atom stereocenters. The molecule has 1 aromatic heterocycles. The van der Waals surface area contributed by atoms with Crippen molar-refractivity contribution in [3.63, 3.8) is 0 Å². The third-order valence-corrected chi connectivity index (χ3v) is 4.22. The number of H-pyrrole nitrogens is 1. The molecule has 1 saturated heterocycles. The number of carbonyl (C=O) groups is 1. The Balaban J connectivity index is 1.78. The van der Waals surface area contributed by atoms with Gasteiger partial charge >= 0.3 is 0 Å². The van der Waals surface area contributed by atoms with Gasteiger partial charge in [-0.05, 0) is 38.2 Å². The smallest absolute Gasteiger partial charge is 0.272 e. The molecule has 0 saturated carbocycles. The van der Waals surface area contributed by atoms with Crippen molar-refractivity contribution in [2.24, 2.45) is 0 Å². The molecule has 1 aliphatic heterocycles. The van der Waals surface area contributed by atoms with Gasteiger partial charge in [0.25, 0.3) is 5.91 Å². The van der Waals surface area contributed by atoms with Gasteiger partial charge in [-0.25, -0.2) is 0 Å². The Bertz CT molecular complexity index is 676.